The van der Waals surface area contributed by atoms with E-state index in [0.29, 0.717) is 23.8 Å². The summed E-state index contributed by atoms with van der Waals surface area (Å²) in [7, 11) is 3.18. The van der Waals surface area contributed by atoms with Gasteiger partial charge in [0.25, 0.3) is 0 Å². The first kappa shape index (κ1) is 23.1. The normalized spacial score (nSPS) is 11.3. The van der Waals surface area contributed by atoms with Crippen molar-refractivity contribution >= 4 is 5.97 Å². The summed E-state index contributed by atoms with van der Waals surface area (Å²) in [6.07, 6.45) is 0. The van der Waals surface area contributed by atoms with Gasteiger partial charge in [-0.05, 0) is 51.1 Å². The highest BCUT2D eigenvalue weighted by Gasteiger charge is 2.28. The molecule has 0 radical (unpaired) electrons. The minimum atomic E-state index is -1.34. The minimum absolute atomic E-state index is 0.0333. The van der Waals surface area contributed by atoms with Crippen LogP contribution in [0.15, 0.2) is 48.5 Å². The van der Waals surface area contributed by atoms with E-state index in [4.69, 9.17) is 24.0 Å². The second-order valence-corrected chi connectivity index (χ2v) is 7.57. The molecule has 1 heterocycles. The largest absolute Gasteiger partial charge is 0.497 e. The Hall–Kier alpha value is -3.52. The monoisotopic (exact) mass is 440 g/mol. The highest BCUT2D eigenvalue weighted by atomic mass is 16.5. The van der Waals surface area contributed by atoms with E-state index in [9.17, 15) is 9.90 Å². The maximum atomic E-state index is 11.4. The van der Waals surface area contributed by atoms with Crippen LogP contribution in [0.1, 0.15) is 26.5 Å². The lowest BCUT2D eigenvalue weighted by Crippen LogP contribution is -2.34. The van der Waals surface area contributed by atoms with Crippen LogP contribution in [0.5, 0.6) is 17.2 Å². The van der Waals surface area contributed by atoms with E-state index in [0.717, 1.165) is 22.7 Å². The topological polar surface area (TPSA) is 92.0 Å². The summed E-state index contributed by atoms with van der Waals surface area (Å²) in [5.74, 6) is 0.957. The molecule has 8 nitrogen and oxygen atoms in total. The van der Waals surface area contributed by atoms with Gasteiger partial charge in [-0.15, -0.1) is 0 Å². The van der Waals surface area contributed by atoms with E-state index in [1.54, 1.807) is 25.0 Å². The van der Waals surface area contributed by atoms with Crippen molar-refractivity contribution in [1.82, 2.24) is 9.78 Å². The molecule has 0 unspecified atom stereocenters. The number of ether oxygens (including phenoxy) is 4. The van der Waals surface area contributed by atoms with Crippen LogP contribution in [-0.4, -0.2) is 47.3 Å². The number of rotatable bonds is 10. The average Bonchev–Trinajstić information content (AvgIpc) is 3.22. The molecule has 0 aliphatic carbocycles. The third-order valence-corrected chi connectivity index (χ3v) is 4.88. The highest BCUT2D eigenvalue weighted by Crippen LogP contribution is 2.32. The van der Waals surface area contributed by atoms with Gasteiger partial charge in [-0.3, -0.25) is 0 Å². The molecule has 0 saturated carbocycles. The third kappa shape index (κ3) is 5.20. The van der Waals surface area contributed by atoms with Gasteiger partial charge in [0.15, 0.2) is 5.60 Å². The first-order valence-electron chi connectivity index (χ1n) is 10.2. The Morgan fingerprint density at radius 3 is 2.31 bits per heavy atom. The first-order valence-corrected chi connectivity index (χ1v) is 10.2. The summed E-state index contributed by atoms with van der Waals surface area (Å²) >= 11 is 0. The lowest BCUT2D eigenvalue weighted by molar-refractivity contribution is -0.162. The number of carbonyl (C=O) groups is 1. The highest BCUT2D eigenvalue weighted by molar-refractivity contribution is 5.76. The van der Waals surface area contributed by atoms with Crippen LogP contribution in [0.25, 0.3) is 16.9 Å². The molecular weight excluding hydrogens is 412 g/mol. The van der Waals surface area contributed by atoms with Gasteiger partial charge in [0.05, 0.1) is 44.5 Å². The molecule has 3 aromatic rings. The first-order chi connectivity index (χ1) is 15.3. The van der Waals surface area contributed by atoms with Crippen LogP contribution in [0.3, 0.4) is 0 Å². The molecule has 0 spiro atoms. The van der Waals surface area contributed by atoms with E-state index in [2.05, 4.69) is 0 Å². The summed E-state index contributed by atoms with van der Waals surface area (Å²) < 4.78 is 23.9. The number of aromatic nitrogens is 2. The Morgan fingerprint density at radius 1 is 1.03 bits per heavy atom. The molecule has 0 saturated heterocycles. The van der Waals surface area contributed by atoms with E-state index >= 15 is 0 Å². The van der Waals surface area contributed by atoms with Crippen LogP contribution in [0.2, 0.25) is 0 Å². The SMILES string of the molecule is CCOc1cccc(-n2nc(COC(C)(C)C(=O)O)cc2-c2cc(OC)cc(OC)c2)c1. The Kier molecular flexibility index (Phi) is 7.05. The quantitative estimate of drug-likeness (QED) is 0.501. The molecule has 0 amide bonds. The van der Waals surface area contributed by atoms with E-state index in [1.807, 2.05) is 49.4 Å². The molecule has 0 atom stereocenters. The summed E-state index contributed by atoms with van der Waals surface area (Å²) in [6, 6.07) is 15.0. The number of carboxylic acids is 1. The maximum absolute atomic E-state index is 11.4. The predicted octanol–water partition coefficient (Wildman–Crippen LogP) is 4.34. The molecule has 1 aromatic heterocycles. The predicted molar refractivity (Wildman–Crippen MR) is 120 cm³/mol. The molecule has 0 aliphatic rings. The van der Waals surface area contributed by atoms with E-state index in [1.165, 1.54) is 13.8 Å². The van der Waals surface area contributed by atoms with Crippen molar-refractivity contribution in [1.29, 1.82) is 0 Å². The molecule has 2 aromatic carbocycles. The molecule has 0 fully saturated rings. The Morgan fingerprint density at radius 2 is 1.72 bits per heavy atom. The molecule has 0 bridgehead atoms. The fourth-order valence-electron chi connectivity index (χ4n) is 3.05. The number of nitrogens with zero attached hydrogens (tertiary/aromatic N) is 2. The second kappa shape index (κ2) is 9.74. The smallest absolute Gasteiger partial charge is 0.335 e. The molecule has 0 aliphatic heterocycles. The van der Waals surface area contributed by atoms with Gasteiger partial charge in [-0.1, -0.05) is 6.07 Å². The fourth-order valence-corrected chi connectivity index (χ4v) is 3.05. The average molecular weight is 440 g/mol. The lowest BCUT2D eigenvalue weighted by Gasteiger charge is -2.19. The van der Waals surface area contributed by atoms with Crippen molar-refractivity contribution in [2.24, 2.45) is 0 Å². The van der Waals surface area contributed by atoms with Gasteiger partial charge in [0, 0.05) is 17.7 Å². The molecular formula is C24H28N2O6. The molecule has 32 heavy (non-hydrogen) atoms. The minimum Gasteiger partial charge on any atom is -0.497 e. The number of hydrogen-bond donors (Lipinski definition) is 1. The Balaban J connectivity index is 2.09. The van der Waals surface area contributed by atoms with E-state index < -0.39 is 11.6 Å². The number of aliphatic carboxylic acids is 1. The van der Waals surface area contributed by atoms with Crippen molar-refractivity contribution in [3.05, 3.63) is 54.2 Å². The summed E-state index contributed by atoms with van der Waals surface area (Å²) in [5.41, 5.74) is 1.62. The van der Waals surface area contributed by atoms with Crippen molar-refractivity contribution in [3.63, 3.8) is 0 Å². The summed E-state index contributed by atoms with van der Waals surface area (Å²) in [5, 5.41) is 14.0. The zero-order valence-electron chi connectivity index (χ0n) is 18.9. The summed E-state index contributed by atoms with van der Waals surface area (Å²) in [4.78, 5) is 11.4. The number of methoxy groups -OCH3 is 2. The standard InChI is InChI=1S/C24H28N2O6/c1-6-31-19-9-7-8-18(13-19)26-22(16-10-20(29-4)14-21(11-16)30-5)12-17(25-26)15-32-24(2,3)23(27)28/h7-14H,6,15H2,1-5H3,(H,27,28). The number of carboxylic acid groups (broad SMARTS) is 1. The van der Waals surface area contributed by atoms with Gasteiger partial charge >= 0.3 is 5.97 Å². The van der Waals surface area contributed by atoms with E-state index in [-0.39, 0.29) is 6.61 Å². The zero-order chi connectivity index (χ0) is 23.3. The van der Waals surface area contributed by atoms with Crippen molar-refractivity contribution < 1.29 is 28.8 Å². The number of hydrogen-bond acceptors (Lipinski definition) is 6. The fraction of sp³-hybridized carbons (Fsp3) is 0.333. The van der Waals surface area contributed by atoms with Gasteiger partial charge in [-0.25, -0.2) is 9.48 Å². The van der Waals surface area contributed by atoms with Gasteiger partial charge in [-0.2, -0.15) is 5.10 Å². The number of benzene rings is 2. The van der Waals surface area contributed by atoms with Gasteiger partial charge < -0.3 is 24.1 Å². The van der Waals surface area contributed by atoms with Crippen LogP contribution in [-0.2, 0) is 16.1 Å². The summed E-state index contributed by atoms with van der Waals surface area (Å²) in [6.45, 7) is 5.52. The zero-order valence-corrected chi connectivity index (χ0v) is 18.9. The second-order valence-electron chi connectivity index (χ2n) is 7.57. The molecule has 1 N–H and O–H groups in total. The van der Waals surface area contributed by atoms with Crippen molar-refractivity contribution in [2.75, 3.05) is 20.8 Å². The third-order valence-electron chi connectivity index (χ3n) is 4.88. The molecule has 3 rings (SSSR count). The van der Waals surface area contributed by atoms with Crippen LogP contribution in [0, 0.1) is 0 Å². The van der Waals surface area contributed by atoms with Crippen LogP contribution < -0.4 is 14.2 Å². The maximum Gasteiger partial charge on any atom is 0.335 e. The van der Waals surface area contributed by atoms with Crippen molar-refractivity contribution in [3.8, 4) is 34.2 Å². The van der Waals surface area contributed by atoms with Crippen molar-refractivity contribution in [2.45, 2.75) is 33.0 Å². The Labute approximate surface area is 187 Å². The van der Waals surface area contributed by atoms with Crippen LogP contribution in [0.4, 0.5) is 0 Å². The molecule has 170 valence electrons. The van der Waals surface area contributed by atoms with Gasteiger partial charge in [0.2, 0.25) is 0 Å². The lowest BCUT2D eigenvalue weighted by atomic mass is 10.1. The Bertz CT molecular complexity index is 1070. The molecule has 8 heteroatoms. The van der Waals surface area contributed by atoms with Crippen LogP contribution >= 0.6 is 0 Å². The van der Waals surface area contributed by atoms with Gasteiger partial charge in [0.1, 0.15) is 17.2 Å².